The molecule has 0 amide bonds. The lowest BCUT2D eigenvalue weighted by atomic mass is 9.61. The summed E-state index contributed by atoms with van der Waals surface area (Å²) >= 11 is 0. The predicted octanol–water partition coefficient (Wildman–Crippen LogP) is 3.67. The average molecular weight is 252 g/mol. The first-order valence-corrected chi connectivity index (χ1v) is 7.80. The third-order valence-corrected chi connectivity index (χ3v) is 5.99. The van der Waals surface area contributed by atoms with E-state index in [-0.39, 0.29) is 11.2 Å². The molecule has 1 spiro atoms. The molecule has 104 valence electrons. The van der Waals surface area contributed by atoms with Gasteiger partial charge in [-0.05, 0) is 69.1 Å². The molecule has 1 unspecified atom stereocenters. The maximum Gasteiger partial charge on any atom is 0.0686 e. The Labute approximate surface area is 111 Å². The Kier molecular flexibility index (Phi) is 3.02. The summed E-state index contributed by atoms with van der Waals surface area (Å²) in [4.78, 5) is 0. The van der Waals surface area contributed by atoms with Crippen LogP contribution in [0.3, 0.4) is 0 Å². The molecule has 1 aliphatic heterocycles. The highest BCUT2D eigenvalue weighted by Gasteiger charge is 2.50. The molecule has 0 aromatic heterocycles. The molecule has 1 heterocycles. The largest absolute Gasteiger partial charge is 0.390 e. The van der Waals surface area contributed by atoms with Crippen molar-refractivity contribution in [2.45, 2.75) is 82.8 Å². The van der Waals surface area contributed by atoms with E-state index in [4.69, 9.17) is 4.74 Å². The van der Waals surface area contributed by atoms with Crippen LogP contribution in [0, 0.1) is 11.3 Å². The highest BCUT2D eigenvalue weighted by molar-refractivity contribution is 5.01. The molecule has 1 atom stereocenters. The normalized spacial score (nSPS) is 37.2. The first-order chi connectivity index (χ1) is 8.43. The van der Waals surface area contributed by atoms with E-state index in [1.165, 1.54) is 32.1 Å². The minimum atomic E-state index is -0.387. The zero-order chi connectivity index (χ0) is 12.9. The third-order valence-electron chi connectivity index (χ3n) is 5.99. The van der Waals surface area contributed by atoms with Crippen LogP contribution in [0.15, 0.2) is 0 Å². The number of aliphatic hydroxyl groups is 1. The highest BCUT2D eigenvalue weighted by Crippen LogP contribution is 2.51. The van der Waals surface area contributed by atoms with Crippen LogP contribution in [-0.2, 0) is 4.74 Å². The van der Waals surface area contributed by atoms with E-state index in [0.717, 1.165) is 32.3 Å². The fraction of sp³-hybridized carbons (Fsp3) is 1.00. The Morgan fingerprint density at radius 2 is 1.67 bits per heavy atom. The van der Waals surface area contributed by atoms with Gasteiger partial charge in [-0.1, -0.05) is 13.8 Å². The molecule has 3 fully saturated rings. The summed E-state index contributed by atoms with van der Waals surface area (Å²) in [5.41, 5.74) is 0.221. The fourth-order valence-electron chi connectivity index (χ4n) is 4.17. The molecule has 0 aromatic rings. The molecular formula is C16H28O2. The van der Waals surface area contributed by atoms with Crippen LogP contribution in [0.4, 0.5) is 0 Å². The van der Waals surface area contributed by atoms with Gasteiger partial charge in [-0.3, -0.25) is 0 Å². The monoisotopic (exact) mass is 252 g/mol. The summed E-state index contributed by atoms with van der Waals surface area (Å²) in [7, 11) is 0. The number of ether oxygens (including phenoxy) is 1. The molecular weight excluding hydrogens is 224 g/mol. The van der Waals surface area contributed by atoms with Crippen molar-refractivity contribution in [3.8, 4) is 0 Å². The van der Waals surface area contributed by atoms with Crippen LogP contribution in [0.2, 0.25) is 0 Å². The minimum absolute atomic E-state index is 0.172. The van der Waals surface area contributed by atoms with Gasteiger partial charge in [0.25, 0.3) is 0 Å². The van der Waals surface area contributed by atoms with Gasteiger partial charge < -0.3 is 9.84 Å². The van der Waals surface area contributed by atoms with Gasteiger partial charge in [-0.15, -0.1) is 0 Å². The molecule has 2 heteroatoms. The van der Waals surface area contributed by atoms with E-state index in [9.17, 15) is 5.11 Å². The summed E-state index contributed by atoms with van der Waals surface area (Å²) in [6.45, 7) is 5.55. The van der Waals surface area contributed by atoms with Crippen LogP contribution in [0.5, 0.6) is 0 Å². The molecule has 2 saturated carbocycles. The summed E-state index contributed by atoms with van der Waals surface area (Å²) in [6, 6.07) is 0. The van der Waals surface area contributed by atoms with Gasteiger partial charge in [-0.2, -0.15) is 0 Å². The number of rotatable bonds is 1. The zero-order valence-corrected chi connectivity index (χ0v) is 12.0. The number of hydrogen-bond acceptors (Lipinski definition) is 2. The Morgan fingerprint density at radius 1 is 1.00 bits per heavy atom. The summed E-state index contributed by atoms with van der Waals surface area (Å²) in [5, 5.41) is 11.0. The Hall–Kier alpha value is -0.0800. The van der Waals surface area contributed by atoms with Gasteiger partial charge in [0.15, 0.2) is 0 Å². The SMILES string of the molecule is CC1(C)CCC(O)(C2CCOC3(CCC3)C2)CC1. The topological polar surface area (TPSA) is 29.5 Å². The predicted molar refractivity (Wildman–Crippen MR) is 72.5 cm³/mol. The van der Waals surface area contributed by atoms with Crippen molar-refractivity contribution < 1.29 is 9.84 Å². The molecule has 1 saturated heterocycles. The lowest BCUT2D eigenvalue weighted by Crippen LogP contribution is -2.53. The maximum absolute atomic E-state index is 11.0. The molecule has 3 rings (SSSR count). The van der Waals surface area contributed by atoms with Gasteiger partial charge >= 0.3 is 0 Å². The summed E-state index contributed by atoms with van der Waals surface area (Å²) in [6.07, 6.45) is 10.3. The Bertz CT molecular complexity index is 307. The smallest absolute Gasteiger partial charge is 0.0686 e. The lowest BCUT2D eigenvalue weighted by Gasteiger charge is -2.53. The van der Waals surface area contributed by atoms with Crippen molar-refractivity contribution in [3.63, 3.8) is 0 Å². The van der Waals surface area contributed by atoms with Crippen molar-refractivity contribution in [2.75, 3.05) is 6.61 Å². The van der Waals surface area contributed by atoms with Gasteiger partial charge in [-0.25, -0.2) is 0 Å². The van der Waals surface area contributed by atoms with Gasteiger partial charge in [0, 0.05) is 6.61 Å². The first-order valence-electron chi connectivity index (χ1n) is 7.80. The van der Waals surface area contributed by atoms with E-state index in [1.807, 2.05) is 0 Å². The first kappa shape index (κ1) is 12.9. The van der Waals surface area contributed by atoms with E-state index in [2.05, 4.69) is 13.8 Å². The molecule has 0 radical (unpaired) electrons. The second kappa shape index (κ2) is 4.21. The van der Waals surface area contributed by atoms with Gasteiger partial charge in [0.05, 0.1) is 11.2 Å². The standard InChI is InChI=1S/C16H28O2/c1-14(2)7-9-16(17,10-8-14)13-4-11-18-15(12-13)5-3-6-15/h13,17H,3-12H2,1-2H3. The second-order valence-corrected chi connectivity index (χ2v) is 7.84. The Morgan fingerprint density at radius 3 is 2.22 bits per heavy atom. The minimum Gasteiger partial charge on any atom is -0.390 e. The molecule has 0 bridgehead atoms. The zero-order valence-electron chi connectivity index (χ0n) is 12.0. The average Bonchev–Trinajstić information content (AvgIpc) is 2.32. The van der Waals surface area contributed by atoms with Crippen molar-refractivity contribution in [1.29, 1.82) is 0 Å². The van der Waals surface area contributed by atoms with Crippen LogP contribution in [-0.4, -0.2) is 22.9 Å². The third kappa shape index (κ3) is 2.22. The van der Waals surface area contributed by atoms with Crippen LogP contribution in [0.25, 0.3) is 0 Å². The second-order valence-electron chi connectivity index (χ2n) is 7.84. The van der Waals surface area contributed by atoms with Crippen LogP contribution in [0.1, 0.15) is 71.6 Å². The fourth-order valence-corrected chi connectivity index (χ4v) is 4.17. The molecule has 1 N–H and O–H groups in total. The highest BCUT2D eigenvalue weighted by atomic mass is 16.5. The van der Waals surface area contributed by atoms with E-state index < -0.39 is 0 Å². The molecule has 0 aromatic carbocycles. The summed E-state index contributed by atoms with van der Waals surface area (Å²) < 4.78 is 6.00. The van der Waals surface area contributed by atoms with Crippen LogP contribution >= 0.6 is 0 Å². The van der Waals surface area contributed by atoms with Crippen LogP contribution < -0.4 is 0 Å². The Balaban J connectivity index is 1.66. The quantitative estimate of drug-likeness (QED) is 0.771. The van der Waals surface area contributed by atoms with E-state index in [1.54, 1.807) is 0 Å². The van der Waals surface area contributed by atoms with Crippen molar-refractivity contribution in [2.24, 2.45) is 11.3 Å². The van der Waals surface area contributed by atoms with Crippen molar-refractivity contribution >= 4 is 0 Å². The van der Waals surface area contributed by atoms with Crippen molar-refractivity contribution in [3.05, 3.63) is 0 Å². The molecule has 2 nitrogen and oxygen atoms in total. The lowest BCUT2D eigenvalue weighted by molar-refractivity contribution is -0.184. The molecule has 3 aliphatic rings. The molecule has 18 heavy (non-hydrogen) atoms. The number of hydrogen-bond donors (Lipinski definition) is 1. The van der Waals surface area contributed by atoms with Gasteiger partial charge in [0.2, 0.25) is 0 Å². The van der Waals surface area contributed by atoms with E-state index in [0.29, 0.717) is 11.3 Å². The van der Waals surface area contributed by atoms with E-state index >= 15 is 0 Å². The van der Waals surface area contributed by atoms with Crippen molar-refractivity contribution in [1.82, 2.24) is 0 Å². The summed E-state index contributed by atoms with van der Waals surface area (Å²) in [5.74, 6) is 0.489. The maximum atomic E-state index is 11.0. The molecule has 2 aliphatic carbocycles. The van der Waals surface area contributed by atoms with Gasteiger partial charge in [0.1, 0.15) is 0 Å².